The summed E-state index contributed by atoms with van der Waals surface area (Å²) in [6, 6.07) is 14.7. The van der Waals surface area contributed by atoms with Crippen LogP contribution in [-0.4, -0.2) is 57.5 Å². The Morgan fingerprint density at radius 1 is 1.13 bits per heavy atom. The smallest absolute Gasteiger partial charge is 0.227 e. The molecule has 2 saturated heterocycles. The van der Waals surface area contributed by atoms with Gasteiger partial charge in [0.1, 0.15) is 0 Å². The number of halogens is 1. The number of amides is 1. The zero-order valence-electron chi connectivity index (χ0n) is 17.4. The maximum absolute atomic E-state index is 12.9. The maximum Gasteiger partial charge on any atom is 0.227 e. The van der Waals surface area contributed by atoms with Gasteiger partial charge in [-0.05, 0) is 30.7 Å². The van der Waals surface area contributed by atoms with E-state index in [0.29, 0.717) is 42.4 Å². The molecule has 2 fully saturated rings. The van der Waals surface area contributed by atoms with Crippen LogP contribution >= 0.6 is 12.4 Å². The molecule has 0 saturated carbocycles. The summed E-state index contributed by atoms with van der Waals surface area (Å²) in [5, 5.41) is 4.00. The third-order valence-corrected chi connectivity index (χ3v) is 6.33. The van der Waals surface area contributed by atoms with Gasteiger partial charge in [-0.3, -0.25) is 14.7 Å². The van der Waals surface area contributed by atoms with Crippen molar-refractivity contribution >= 4 is 18.3 Å². The Balaban J connectivity index is 0.00000231. The van der Waals surface area contributed by atoms with Crippen molar-refractivity contribution in [1.29, 1.82) is 0 Å². The Labute approximate surface area is 187 Å². The van der Waals surface area contributed by atoms with Gasteiger partial charge >= 0.3 is 0 Å². The number of pyridine rings is 1. The molecular weight excluding hydrogens is 414 g/mol. The van der Waals surface area contributed by atoms with Crippen LogP contribution in [0.25, 0.3) is 11.4 Å². The summed E-state index contributed by atoms with van der Waals surface area (Å²) in [5.74, 6) is 2.19. The van der Waals surface area contributed by atoms with Gasteiger partial charge in [-0.15, -0.1) is 12.4 Å². The molecule has 5 rings (SSSR count). The van der Waals surface area contributed by atoms with E-state index in [1.54, 1.807) is 12.4 Å². The van der Waals surface area contributed by atoms with Crippen LogP contribution in [-0.2, 0) is 11.2 Å². The van der Waals surface area contributed by atoms with Gasteiger partial charge in [0.25, 0.3) is 0 Å². The number of carbonyl (C=O) groups is 1. The van der Waals surface area contributed by atoms with Gasteiger partial charge in [0.2, 0.25) is 17.6 Å². The summed E-state index contributed by atoms with van der Waals surface area (Å²) < 4.78 is 5.33. The Bertz CT molecular complexity index is 1010. The Hall–Kier alpha value is -2.77. The second-order valence-corrected chi connectivity index (χ2v) is 8.27. The third kappa shape index (κ3) is 4.34. The molecule has 0 N–H and O–H groups in total. The standard InChI is InChI=1S/C23H25N5O2.ClH/c1-27-13-18-14-28(15-19(18)22(27)16-6-3-2-4-7-16)21(29)10-9-20-25-23(26-30-20)17-8-5-11-24-12-17;/h2-8,11-12,18-19,22H,9-10,13-15H2,1H3;1H/t18-,19+,22-;/m0./s1. The fraction of sp³-hybridized carbons (Fsp3) is 0.391. The van der Waals surface area contributed by atoms with Gasteiger partial charge < -0.3 is 9.42 Å². The number of carbonyl (C=O) groups excluding carboxylic acids is 1. The molecule has 0 unspecified atom stereocenters. The summed E-state index contributed by atoms with van der Waals surface area (Å²) in [4.78, 5) is 25.8. The number of benzene rings is 1. The van der Waals surface area contributed by atoms with Crippen molar-refractivity contribution in [2.24, 2.45) is 11.8 Å². The number of aromatic nitrogens is 3. The van der Waals surface area contributed by atoms with Gasteiger partial charge in [0.15, 0.2) is 0 Å². The zero-order valence-corrected chi connectivity index (χ0v) is 18.2. The van der Waals surface area contributed by atoms with E-state index in [2.05, 4.69) is 57.4 Å². The number of likely N-dealkylation sites (tertiary alicyclic amines) is 2. The van der Waals surface area contributed by atoms with Crippen molar-refractivity contribution in [2.45, 2.75) is 18.9 Å². The predicted octanol–water partition coefficient (Wildman–Crippen LogP) is 3.25. The number of rotatable bonds is 5. The molecule has 4 heterocycles. The van der Waals surface area contributed by atoms with Gasteiger partial charge in [0, 0.05) is 62.4 Å². The Kier molecular flexibility index (Phi) is 6.34. The molecule has 1 amide bonds. The van der Waals surface area contributed by atoms with E-state index < -0.39 is 0 Å². The third-order valence-electron chi connectivity index (χ3n) is 6.33. The summed E-state index contributed by atoms with van der Waals surface area (Å²) in [5.41, 5.74) is 2.15. The predicted molar refractivity (Wildman–Crippen MR) is 118 cm³/mol. The Morgan fingerprint density at radius 2 is 1.97 bits per heavy atom. The number of hydrogen-bond acceptors (Lipinski definition) is 6. The molecular formula is C23H26ClN5O2. The topological polar surface area (TPSA) is 75.4 Å². The number of aryl methyl sites for hydroxylation is 1. The van der Waals surface area contributed by atoms with E-state index in [1.165, 1.54) is 5.56 Å². The van der Waals surface area contributed by atoms with E-state index in [9.17, 15) is 4.79 Å². The fourth-order valence-corrected chi connectivity index (χ4v) is 4.95. The molecule has 31 heavy (non-hydrogen) atoms. The lowest BCUT2D eigenvalue weighted by Gasteiger charge is -2.26. The van der Waals surface area contributed by atoms with Gasteiger partial charge in [-0.1, -0.05) is 35.5 Å². The van der Waals surface area contributed by atoms with Gasteiger partial charge in [0.05, 0.1) is 0 Å². The highest BCUT2D eigenvalue weighted by atomic mass is 35.5. The highest BCUT2D eigenvalue weighted by Gasteiger charge is 2.47. The molecule has 3 atom stereocenters. The van der Waals surface area contributed by atoms with Gasteiger partial charge in [-0.25, -0.2) is 0 Å². The molecule has 1 aromatic carbocycles. The first-order valence-electron chi connectivity index (χ1n) is 10.4. The number of nitrogens with zero attached hydrogens (tertiary/aromatic N) is 5. The van der Waals surface area contributed by atoms with Crippen molar-refractivity contribution in [3.63, 3.8) is 0 Å². The molecule has 2 aliphatic heterocycles. The molecule has 0 radical (unpaired) electrons. The second kappa shape index (κ2) is 9.16. The van der Waals surface area contributed by atoms with Crippen LogP contribution in [0.2, 0.25) is 0 Å². The minimum atomic E-state index is 0. The molecule has 2 aliphatic rings. The minimum Gasteiger partial charge on any atom is -0.342 e. The summed E-state index contributed by atoms with van der Waals surface area (Å²) >= 11 is 0. The lowest BCUT2D eigenvalue weighted by molar-refractivity contribution is -0.130. The highest BCUT2D eigenvalue weighted by molar-refractivity contribution is 5.85. The van der Waals surface area contributed by atoms with Crippen molar-refractivity contribution in [3.8, 4) is 11.4 Å². The maximum atomic E-state index is 12.9. The summed E-state index contributed by atoms with van der Waals surface area (Å²) in [6.45, 7) is 2.69. The quantitative estimate of drug-likeness (QED) is 0.607. The second-order valence-electron chi connectivity index (χ2n) is 8.27. The van der Waals surface area contributed by atoms with E-state index in [-0.39, 0.29) is 18.3 Å². The SMILES string of the molecule is CN1C[C@H]2CN(C(=O)CCc3nc(-c4cccnc4)no3)C[C@H]2[C@@H]1c1ccccc1.Cl. The van der Waals surface area contributed by atoms with Crippen LogP contribution in [0.4, 0.5) is 0 Å². The van der Waals surface area contributed by atoms with Crippen LogP contribution in [0.5, 0.6) is 0 Å². The molecule has 0 aliphatic carbocycles. The number of hydrogen-bond donors (Lipinski definition) is 0. The average molecular weight is 440 g/mol. The minimum absolute atomic E-state index is 0. The normalized spacial score (nSPS) is 22.9. The van der Waals surface area contributed by atoms with E-state index in [0.717, 1.165) is 25.2 Å². The van der Waals surface area contributed by atoms with Crippen molar-refractivity contribution in [2.75, 3.05) is 26.7 Å². The van der Waals surface area contributed by atoms with Crippen LogP contribution in [0.15, 0.2) is 59.4 Å². The van der Waals surface area contributed by atoms with E-state index in [4.69, 9.17) is 4.52 Å². The molecule has 0 spiro atoms. The molecule has 0 bridgehead atoms. The number of fused-ring (bicyclic) bond motifs is 1. The first-order valence-corrected chi connectivity index (χ1v) is 10.4. The van der Waals surface area contributed by atoms with Crippen molar-refractivity contribution in [1.82, 2.24) is 24.9 Å². The van der Waals surface area contributed by atoms with E-state index >= 15 is 0 Å². The zero-order chi connectivity index (χ0) is 20.5. The summed E-state index contributed by atoms with van der Waals surface area (Å²) in [6.07, 6.45) is 4.25. The fourth-order valence-electron chi connectivity index (χ4n) is 4.95. The summed E-state index contributed by atoms with van der Waals surface area (Å²) in [7, 11) is 2.19. The highest BCUT2D eigenvalue weighted by Crippen LogP contribution is 2.44. The van der Waals surface area contributed by atoms with Gasteiger partial charge in [-0.2, -0.15) is 4.98 Å². The first kappa shape index (κ1) is 21.5. The molecule has 3 aromatic rings. The molecule has 8 heteroatoms. The molecule has 162 valence electrons. The van der Waals surface area contributed by atoms with Crippen LogP contribution in [0.3, 0.4) is 0 Å². The largest absolute Gasteiger partial charge is 0.342 e. The van der Waals surface area contributed by atoms with Crippen LogP contribution < -0.4 is 0 Å². The van der Waals surface area contributed by atoms with Crippen molar-refractivity contribution in [3.05, 3.63) is 66.3 Å². The molecule has 2 aromatic heterocycles. The lowest BCUT2D eigenvalue weighted by atomic mass is 9.90. The first-order chi connectivity index (χ1) is 14.7. The van der Waals surface area contributed by atoms with Crippen LogP contribution in [0, 0.1) is 11.8 Å². The monoisotopic (exact) mass is 439 g/mol. The Morgan fingerprint density at radius 3 is 2.74 bits per heavy atom. The van der Waals surface area contributed by atoms with Crippen molar-refractivity contribution < 1.29 is 9.32 Å². The molecule has 7 nitrogen and oxygen atoms in total. The average Bonchev–Trinajstić information content (AvgIpc) is 3.48. The van der Waals surface area contributed by atoms with E-state index in [1.807, 2.05) is 17.0 Å². The van der Waals surface area contributed by atoms with Crippen LogP contribution in [0.1, 0.15) is 23.9 Å². The lowest BCUT2D eigenvalue weighted by Crippen LogP contribution is -2.33.